The van der Waals surface area contributed by atoms with E-state index in [1.54, 1.807) is 10.8 Å². The lowest BCUT2D eigenvalue weighted by Crippen LogP contribution is -2.23. The van der Waals surface area contributed by atoms with Crippen LogP contribution >= 0.6 is 11.6 Å². The topological polar surface area (TPSA) is 44.1 Å². The van der Waals surface area contributed by atoms with E-state index in [9.17, 15) is 4.79 Å². The summed E-state index contributed by atoms with van der Waals surface area (Å²) in [5, 5.41) is 0.307. The summed E-state index contributed by atoms with van der Waals surface area (Å²) in [7, 11) is 0. The Kier molecular flexibility index (Phi) is 6.08. The Morgan fingerprint density at radius 2 is 1.92 bits per heavy atom. The minimum Gasteiger partial charge on any atom is -0.494 e. The molecule has 26 heavy (non-hydrogen) atoms. The summed E-state index contributed by atoms with van der Waals surface area (Å²) in [5.74, 6) is 0.710. The van der Waals surface area contributed by atoms with E-state index in [1.807, 2.05) is 49.4 Å². The first-order valence-electron chi connectivity index (χ1n) is 8.71. The van der Waals surface area contributed by atoms with Crippen molar-refractivity contribution in [2.75, 3.05) is 6.61 Å². The van der Waals surface area contributed by atoms with Gasteiger partial charge in [0.25, 0.3) is 5.56 Å². The highest BCUT2D eigenvalue weighted by atomic mass is 35.5. The summed E-state index contributed by atoms with van der Waals surface area (Å²) in [6.45, 7) is 3.08. The zero-order valence-corrected chi connectivity index (χ0v) is 15.4. The Labute approximate surface area is 158 Å². The maximum absolute atomic E-state index is 12.8. The molecule has 3 rings (SSSR count). The third-order valence-electron chi connectivity index (χ3n) is 4.07. The molecule has 0 N–H and O–H groups in total. The fraction of sp³-hybridized carbons (Fsp3) is 0.238. The minimum atomic E-state index is -0.142. The highest BCUT2D eigenvalue weighted by molar-refractivity contribution is 6.29. The molecule has 0 aliphatic rings. The van der Waals surface area contributed by atoms with Crippen LogP contribution in [0.15, 0.2) is 65.6 Å². The van der Waals surface area contributed by atoms with Gasteiger partial charge in [0.2, 0.25) is 0 Å². The Morgan fingerprint density at radius 3 is 2.69 bits per heavy atom. The van der Waals surface area contributed by atoms with Gasteiger partial charge in [-0.2, -0.15) is 0 Å². The van der Waals surface area contributed by atoms with Crippen molar-refractivity contribution >= 4 is 11.6 Å². The average molecular weight is 369 g/mol. The van der Waals surface area contributed by atoms with Gasteiger partial charge in [-0.3, -0.25) is 4.79 Å². The summed E-state index contributed by atoms with van der Waals surface area (Å²) in [4.78, 5) is 17.1. The smallest absolute Gasteiger partial charge is 0.277 e. The predicted molar refractivity (Wildman–Crippen MR) is 105 cm³/mol. The molecule has 0 radical (unpaired) electrons. The van der Waals surface area contributed by atoms with Gasteiger partial charge in [0.1, 0.15) is 16.6 Å². The Balaban J connectivity index is 1.82. The van der Waals surface area contributed by atoms with Gasteiger partial charge >= 0.3 is 0 Å². The van der Waals surface area contributed by atoms with Crippen LogP contribution in [0.2, 0.25) is 5.15 Å². The molecule has 0 bridgehead atoms. The van der Waals surface area contributed by atoms with Gasteiger partial charge in [-0.15, -0.1) is 0 Å². The molecule has 1 heterocycles. The predicted octanol–water partition coefficient (Wildman–Crippen LogP) is 4.60. The SMILES string of the molecule is CCOc1cccc(-c2nc(Cl)cn(CCCc3ccccc3)c2=O)c1. The molecule has 0 saturated carbocycles. The molecule has 0 fully saturated rings. The van der Waals surface area contributed by atoms with Crippen LogP contribution in [0.3, 0.4) is 0 Å². The molecule has 0 atom stereocenters. The van der Waals surface area contributed by atoms with Crippen molar-refractivity contribution in [2.45, 2.75) is 26.3 Å². The van der Waals surface area contributed by atoms with E-state index < -0.39 is 0 Å². The summed E-state index contributed by atoms with van der Waals surface area (Å²) in [6.07, 6.45) is 3.36. The van der Waals surface area contributed by atoms with Gasteiger partial charge in [0.05, 0.1) is 6.61 Å². The lowest BCUT2D eigenvalue weighted by molar-refractivity contribution is 0.340. The first-order valence-corrected chi connectivity index (χ1v) is 9.09. The van der Waals surface area contributed by atoms with Crippen molar-refractivity contribution < 1.29 is 4.74 Å². The average Bonchev–Trinajstić information content (AvgIpc) is 2.65. The zero-order chi connectivity index (χ0) is 18.4. The largest absolute Gasteiger partial charge is 0.494 e. The second-order valence-electron chi connectivity index (χ2n) is 5.96. The quantitative estimate of drug-likeness (QED) is 0.612. The first kappa shape index (κ1) is 18.2. The van der Waals surface area contributed by atoms with Crippen molar-refractivity contribution in [3.63, 3.8) is 0 Å². The van der Waals surface area contributed by atoms with Crippen molar-refractivity contribution in [1.29, 1.82) is 0 Å². The van der Waals surface area contributed by atoms with Gasteiger partial charge in [0.15, 0.2) is 0 Å². The standard InChI is InChI=1S/C21H21ClN2O2/c1-2-26-18-12-6-11-17(14-18)20-21(25)24(15-19(22)23-20)13-7-10-16-8-4-3-5-9-16/h3-6,8-9,11-12,14-15H,2,7,10,13H2,1H3. The third-order valence-corrected chi connectivity index (χ3v) is 4.25. The van der Waals surface area contributed by atoms with E-state index in [2.05, 4.69) is 17.1 Å². The molecule has 3 aromatic rings. The lowest BCUT2D eigenvalue weighted by Gasteiger charge is -2.10. The van der Waals surface area contributed by atoms with Crippen LogP contribution in [-0.2, 0) is 13.0 Å². The van der Waals surface area contributed by atoms with Gasteiger partial charge in [-0.05, 0) is 37.5 Å². The van der Waals surface area contributed by atoms with Crippen molar-refractivity contribution in [3.05, 3.63) is 81.9 Å². The molecule has 1 aromatic heterocycles. The van der Waals surface area contributed by atoms with Crippen molar-refractivity contribution in [3.8, 4) is 17.0 Å². The van der Waals surface area contributed by atoms with Crippen LogP contribution in [0.1, 0.15) is 18.9 Å². The summed E-state index contributed by atoms with van der Waals surface area (Å²) in [5.41, 5.74) is 2.17. The number of hydrogen-bond acceptors (Lipinski definition) is 3. The number of ether oxygens (including phenoxy) is 1. The van der Waals surface area contributed by atoms with Crippen LogP contribution in [0, 0.1) is 0 Å². The van der Waals surface area contributed by atoms with E-state index in [4.69, 9.17) is 16.3 Å². The van der Waals surface area contributed by atoms with Crippen LogP contribution < -0.4 is 10.3 Å². The van der Waals surface area contributed by atoms with Crippen LogP contribution in [0.4, 0.5) is 0 Å². The molecule has 0 amide bonds. The molecule has 2 aromatic carbocycles. The third kappa shape index (κ3) is 4.52. The van der Waals surface area contributed by atoms with Crippen LogP contribution in [0.5, 0.6) is 5.75 Å². The maximum atomic E-state index is 12.8. The van der Waals surface area contributed by atoms with Gasteiger partial charge in [-0.1, -0.05) is 54.1 Å². The van der Waals surface area contributed by atoms with Crippen molar-refractivity contribution in [2.24, 2.45) is 0 Å². The minimum absolute atomic E-state index is 0.142. The molecule has 4 nitrogen and oxygen atoms in total. The molecule has 0 aliphatic heterocycles. The maximum Gasteiger partial charge on any atom is 0.277 e. The zero-order valence-electron chi connectivity index (χ0n) is 14.7. The summed E-state index contributed by atoms with van der Waals surface area (Å²) >= 11 is 6.17. The van der Waals surface area contributed by atoms with Gasteiger partial charge in [0, 0.05) is 18.3 Å². The number of nitrogens with zero attached hydrogens (tertiary/aromatic N) is 2. The Bertz CT molecular complexity index is 923. The highest BCUT2D eigenvalue weighted by Gasteiger charge is 2.11. The molecule has 0 aliphatic carbocycles. The fourth-order valence-electron chi connectivity index (χ4n) is 2.86. The van der Waals surface area contributed by atoms with E-state index in [-0.39, 0.29) is 5.56 Å². The van der Waals surface area contributed by atoms with E-state index >= 15 is 0 Å². The molecule has 134 valence electrons. The van der Waals surface area contributed by atoms with Gasteiger partial charge < -0.3 is 9.30 Å². The highest BCUT2D eigenvalue weighted by Crippen LogP contribution is 2.21. The van der Waals surface area contributed by atoms with Crippen LogP contribution in [-0.4, -0.2) is 16.2 Å². The number of aryl methyl sites for hydroxylation is 2. The molecule has 0 unspecified atom stereocenters. The van der Waals surface area contributed by atoms with E-state index in [0.717, 1.165) is 12.8 Å². The molecule has 5 heteroatoms. The molecular weight excluding hydrogens is 348 g/mol. The first-order chi connectivity index (χ1) is 12.7. The van der Waals surface area contributed by atoms with Crippen LogP contribution in [0.25, 0.3) is 11.3 Å². The van der Waals surface area contributed by atoms with E-state index in [0.29, 0.717) is 35.3 Å². The Hall–Kier alpha value is -2.59. The molecule has 0 spiro atoms. The fourth-order valence-corrected chi connectivity index (χ4v) is 3.06. The van der Waals surface area contributed by atoms with Crippen molar-refractivity contribution in [1.82, 2.24) is 9.55 Å². The van der Waals surface area contributed by atoms with E-state index in [1.165, 1.54) is 5.56 Å². The normalized spacial score (nSPS) is 10.7. The molecule has 0 saturated heterocycles. The second-order valence-corrected chi connectivity index (χ2v) is 6.35. The number of halogens is 1. The number of aromatic nitrogens is 2. The number of rotatable bonds is 7. The second kappa shape index (κ2) is 8.68. The monoisotopic (exact) mass is 368 g/mol. The van der Waals surface area contributed by atoms with Gasteiger partial charge in [-0.25, -0.2) is 4.98 Å². The number of hydrogen-bond donors (Lipinski definition) is 0. The summed E-state index contributed by atoms with van der Waals surface area (Å²) < 4.78 is 7.15. The summed E-state index contributed by atoms with van der Waals surface area (Å²) in [6, 6.07) is 17.6. The molecular formula is C21H21ClN2O2. The lowest BCUT2D eigenvalue weighted by atomic mass is 10.1. The Morgan fingerprint density at radius 1 is 1.12 bits per heavy atom. The number of benzene rings is 2.